The number of carbonyl (C=O) groups excluding carboxylic acids is 1. The predicted molar refractivity (Wildman–Crippen MR) is 64.3 cm³/mol. The number of rotatable bonds is 3. The normalized spacial score (nSPS) is 17.1. The first kappa shape index (κ1) is 14.4. The SMILES string of the molecule is O=C(Nc1ccc(C2(C(=O)O)CCC2)cc1)C(F)(F)F. The minimum Gasteiger partial charge on any atom is -0.481 e. The molecule has 0 atom stereocenters. The van der Waals surface area contributed by atoms with Gasteiger partial charge in [-0.1, -0.05) is 18.6 Å². The summed E-state index contributed by atoms with van der Waals surface area (Å²) in [5.74, 6) is -2.99. The largest absolute Gasteiger partial charge is 0.481 e. The van der Waals surface area contributed by atoms with Gasteiger partial charge in [-0.05, 0) is 30.5 Å². The third-order valence-corrected chi connectivity index (χ3v) is 3.57. The van der Waals surface area contributed by atoms with Crippen LogP contribution in [0.2, 0.25) is 0 Å². The second kappa shape index (κ2) is 4.81. The number of carboxylic acid groups (broad SMARTS) is 1. The van der Waals surface area contributed by atoms with Gasteiger partial charge >= 0.3 is 18.1 Å². The van der Waals surface area contributed by atoms with Gasteiger partial charge in [0.15, 0.2) is 0 Å². The number of halogens is 3. The molecule has 1 aliphatic carbocycles. The molecule has 7 heteroatoms. The number of hydrogen-bond acceptors (Lipinski definition) is 2. The van der Waals surface area contributed by atoms with Crippen LogP contribution in [0.5, 0.6) is 0 Å². The molecule has 1 aromatic carbocycles. The van der Waals surface area contributed by atoms with Crippen molar-refractivity contribution >= 4 is 17.6 Å². The molecule has 0 saturated heterocycles. The average Bonchev–Trinajstić information content (AvgIpc) is 2.28. The first-order valence-electron chi connectivity index (χ1n) is 5.98. The smallest absolute Gasteiger partial charge is 0.471 e. The van der Waals surface area contributed by atoms with E-state index < -0.39 is 23.5 Å². The number of anilines is 1. The number of aliphatic carboxylic acids is 1. The summed E-state index contributed by atoms with van der Waals surface area (Å²) in [7, 11) is 0. The van der Waals surface area contributed by atoms with Gasteiger partial charge in [0, 0.05) is 5.69 Å². The third-order valence-electron chi connectivity index (χ3n) is 3.57. The van der Waals surface area contributed by atoms with Crippen LogP contribution in [0.25, 0.3) is 0 Å². The van der Waals surface area contributed by atoms with Crippen LogP contribution in [-0.4, -0.2) is 23.2 Å². The Morgan fingerprint density at radius 2 is 1.70 bits per heavy atom. The van der Waals surface area contributed by atoms with Gasteiger partial charge in [0.1, 0.15) is 0 Å². The number of amides is 1. The Labute approximate surface area is 112 Å². The van der Waals surface area contributed by atoms with Crippen LogP contribution in [0.4, 0.5) is 18.9 Å². The minimum absolute atomic E-state index is 0.0177. The summed E-state index contributed by atoms with van der Waals surface area (Å²) >= 11 is 0. The summed E-state index contributed by atoms with van der Waals surface area (Å²) in [6, 6.07) is 5.45. The second-order valence-electron chi connectivity index (χ2n) is 4.77. The van der Waals surface area contributed by atoms with Crippen molar-refractivity contribution in [2.24, 2.45) is 0 Å². The Balaban J connectivity index is 2.15. The Hall–Kier alpha value is -2.05. The molecule has 108 valence electrons. The predicted octanol–water partition coefficient (Wildman–Crippen LogP) is 2.69. The maximum Gasteiger partial charge on any atom is 0.471 e. The summed E-state index contributed by atoms with van der Waals surface area (Å²) in [6.45, 7) is 0. The fourth-order valence-corrected chi connectivity index (χ4v) is 2.23. The lowest BCUT2D eigenvalue weighted by molar-refractivity contribution is -0.167. The first-order chi connectivity index (χ1) is 9.25. The molecule has 0 radical (unpaired) electrons. The standard InChI is InChI=1S/C13H12F3NO3/c14-13(15,16)10(18)17-9-4-2-8(3-5-9)12(11(19)20)6-1-7-12/h2-5H,1,6-7H2,(H,17,18)(H,19,20). The molecule has 0 aliphatic heterocycles. The highest BCUT2D eigenvalue weighted by Crippen LogP contribution is 2.44. The number of nitrogens with one attached hydrogen (secondary N) is 1. The molecule has 0 heterocycles. The lowest BCUT2D eigenvalue weighted by atomic mass is 9.64. The van der Waals surface area contributed by atoms with Crippen LogP contribution in [0, 0.1) is 0 Å². The summed E-state index contributed by atoms with van der Waals surface area (Å²) in [6.07, 6.45) is -3.12. The molecule has 0 bridgehead atoms. The molecule has 2 N–H and O–H groups in total. The van der Waals surface area contributed by atoms with Crippen LogP contribution in [0.3, 0.4) is 0 Å². The van der Waals surface area contributed by atoms with E-state index in [2.05, 4.69) is 0 Å². The van der Waals surface area contributed by atoms with E-state index in [-0.39, 0.29) is 5.69 Å². The zero-order valence-corrected chi connectivity index (χ0v) is 10.3. The number of alkyl halides is 3. The van der Waals surface area contributed by atoms with E-state index in [1.165, 1.54) is 24.3 Å². The quantitative estimate of drug-likeness (QED) is 0.898. The van der Waals surface area contributed by atoms with Gasteiger partial charge in [-0.2, -0.15) is 13.2 Å². The topological polar surface area (TPSA) is 66.4 Å². The highest BCUT2D eigenvalue weighted by atomic mass is 19.4. The van der Waals surface area contributed by atoms with Crippen LogP contribution in [0.15, 0.2) is 24.3 Å². The molecule has 2 rings (SSSR count). The summed E-state index contributed by atoms with van der Waals surface area (Å²) < 4.78 is 36.2. The monoisotopic (exact) mass is 287 g/mol. The average molecular weight is 287 g/mol. The van der Waals surface area contributed by atoms with Crippen LogP contribution < -0.4 is 5.32 Å². The number of hydrogen-bond donors (Lipinski definition) is 2. The van der Waals surface area contributed by atoms with E-state index in [4.69, 9.17) is 0 Å². The van der Waals surface area contributed by atoms with Gasteiger partial charge in [-0.15, -0.1) is 0 Å². The second-order valence-corrected chi connectivity index (χ2v) is 4.77. The molecule has 0 aromatic heterocycles. The van der Waals surface area contributed by atoms with Crippen LogP contribution >= 0.6 is 0 Å². The Bertz CT molecular complexity index is 533. The minimum atomic E-state index is -4.95. The number of carboxylic acids is 1. The molecule has 0 unspecified atom stereocenters. The van der Waals surface area contributed by atoms with Crippen molar-refractivity contribution < 1.29 is 27.9 Å². The van der Waals surface area contributed by atoms with Gasteiger partial charge in [-0.25, -0.2) is 0 Å². The van der Waals surface area contributed by atoms with Gasteiger partial charge < -0.3 is 10.4 Å². The van der Waals surface area contributed by atoms with E-state index in [0.717, 1.165) is 6.42 Å². The lowest BCUT2D eigenvalue weighted by Gasteiger charge is -2.38. The first-order valence-corrected chi connectivity index (χ1v) is 5.98. The molecule has 1 amide bonds. The van der Waals surface area contributed by atoms with Crippen molar-refractivity contribution in [3.8, 4) is 0 Å². The van der Waals surface area contributed by atoms with Crippen molar-refractivity contribution in [1.29, 1.82) is 0 Å². The number of benzene rings is 1. The van der Waals surface area contributed by atoms with Crippen molar-refractivity contribution in [1.82, 2.24) is 0 Å². The molecular weight excluding hydrogens is 275 g/mol. The number of carbonyl (C=O) groups is 2. The van der Waals surface area contributed by atoms with E-state index in [9.17, 15) is 27.9 Å². The van der Waals surface area contributed by atoms with Crippen molar-refractivity contribution in [3.63, 3.8) is 0 Å². The Kier molecular flexibility index (Phi) is 3.45. The Morgan fingerprint density at radius 3 is 2.05 bits per heavy atom. The zero-order valence-electron chi connectivity index (χ0n) is 10.3. The van der Waals surface area contributed by atoms with E-state index in [1.807, 2.05) is 0 Å². The molecule has 4 nitrogen and oxygen atoms in total. The summed E-state index contributed by atoms with van der Waals surface area (Å²) in [4.78, 5) is 22.0. The molecule has 1 saturated carbocycles. The van der Waals surface area contributed by atoms with Gasteiger partial charge in [0.25, 0.3) is 0 Å². The molecule has 1 aliphatic rings. The maximum absolute atomic E-state index is 12.1. The van der Waals surface area contributed by atoms with E-state index in [1.54, 1.807) is 5.32 Å². The lowest BCUT2D eigenvalue weighted by Crippen LogP contribution is -2.42. The summed E-state index contributed by atoms with van der Waals surface area (Å²) in [5.41, 5.74) is -0.413. The van der Waals surface area contributed by atoms with Crippen molar-refractivity contribution in [2.45, 2.75) is 30.9 Å². The van der Waals surface area contributed by atoms with Crippen LogP contribution in [-0.2, 0) is 15.0 Å². The Morgan fingerprint density at radius 1 is 1.15 bits per heavy atom. The summed E-state index contributed by atoms with van der Waals surface area (Å²) in [5, 5.41) is 11.0. The van der Waals surface area contributed by atoms with E-state index >= 15 is 0 Å². The molecule has 1 fully saturated rings. The third kappa shape index (κ3) is 2.48. The fourth-order valence-electron chi connectivity index (χ4n) is 2.23. The molecular formula is C13H12F3NO3. The van der Waals surface area contributed by atoms with Crippen molar-refractivity contribution in [3.05, 3.63) is 29.8 Å². The zero-order chi connectivity index (χ0) is 15.0. The highest BCUT2D eigenvalue weighted by molar-refractivity contribution is 5.95. The van der Waals surface area contributed by atoms with Crippen molar-refractivity contribution in [2.75, 3.05) is 5.32 Å². The maximum atomic E-state index is 12.1. The highest BCUT2D eigenvalue weighted by Gasteiger charge is 2.45. The molecule has 1 aromatic rings. The molecule has 20 heavy (non-hydrogen) atoms. The molecule has 0 spiro atoms. The van der Waals surface area contributed by atoms with E-state index in [0.29, 0.717) is 18.4 Å². The van der Waals surface area contributed by atoms with Gasteiger partial charge in [0.2, 0.25) is 0 Å². The van der Waals surface area contributed by atoms with Gasteiger partial charge in [0.05, 0.1) is 5.41 Å². The van der Waals surface area contributed by atoms with Crippen LogP contribution in [0.1, 0.15) is 24.8 Å². The fraction of sp³-hybridized carbons (Fsp3) is 0.385. The van der Waals surface area contributed by atoms with Gasteiger partial charge in [-0.3, -0.25) is 9.59 Å².